The molecule has 0 bridgehead atoms. The molecule has 0 spiro atoms. The van der Waals surface area contributed by atoms with Crippen molar-refractivity contribution >= 4 is 50.6 Å². The van der Waals surface area contributed by atoms with Crippen LogP contribution in [-0.4, -0.2) is 32.7 Å². The first-order chi connectivity index (χ1) is 7.85. The van der Waals surface area contributed by atoms with Gasteiger partial charge < -0.3 is 5.32 Å². The van der Waals surface area contributed by atoms with Gasteiger partial charge in [0.25, 0.3) is 0 Å². The molecule has 1 heterocycles. The molecule has 0 saturated heterocycles. The van der Waals surface area contributed by atoms with Gasteiger partial charge in [0.15, 0.2) is 0 Å². The average Bonchev–Trinajstić information content (AvgIpc) is 2.25. The van der Waals surface area contributed by atoms with Crippen LogP contribution in [0.4, 0.5) is 5.82 Å². The summed E-state index contributed by atoms with van der Waals surface area (Å²) >= 11 is 17.3. The first-order valence-corrected chi connectivity index (χ1v) is 7.31. The van der Waals surface area contributed by atoms with E-state index in [1.54, 1.807) is 0 Å². The number of anilines is 1. The first kappa shape index (κ1) is 14.8. The summed E-state index contributed by atoms with van der Waals surface area (Å²) in [6, 6.07) is 1.44. The van der Waals surface area contributed by atoms with Crippen molar-refractivity contribution in [2.75, 3.05) is 24.7 Å². The van der Waals surface area contributed by atoms with Crippen molar-refractivity contribution in [2.45, 2.75) is 0 Å². The van der Waals surface area contributed by atoms with Gasteiger partial charge in [-0.25, -0.2) is 18.1 Å². The molecule has 0 radical (unpaired) electrons. The predicted molar refractivity (Wildman–Crippen MR) is 70.6 cm³/mol. The summed E-state index contributed by atoms with van der Waals surface area (Å²) in [7, 11) is -1.92. The van der Waals surface area contributed by atoms with Crippen LogP contribution >= 0.6 is 34.8 Å². The SMILES string of the molecule is CNS(=O)(=O)CCNc1nc(Cl)c(Cl)cc1Cl. The van der Waals surface area contributed by atoms with Crippen LogP contribution in [0.25, 0.3) is 0 Å². The molecule has 2 N–H and O–H groups in total. The van der Waals surface area contributed by atoms with Crippen LogP contribution in [-0.2, 0) is 10.0 Å². The molecule has 17 heavy (non-hydrogen) atoms. The molecule has 1 aromatic heterocycles. The Labute approximate surface area is 115 Å². The molecule has 1 aromatic rings. The minimum Gasteiger partial charge on any atom is -0.368 e. The lowest BCUT2D eigenvalue weighted by atomic mass is 10.4. The van der Waals surface area contributed by atoms with Gasteiger partial charge in [-0.1, -0.05) is 34.8 Å². The maximum Gasteiger partial charge on any atom is 0.213 e. The van der Waals surface area contributed by atoms with Gasteiger partial charge >= 0.3 is 0 Å². The molecule has 0 atom stereocenters. The zero-order chi connectivity index (χ0) is 13.1. The highest BCUT2D eigenvalue weighted by atomic mass is 35.5. The highest BCUT2D eigenvalue weighted by Crippen LogP contribution is 2.28. The van der Waals surface area contributed by atoms with Crippen molar-refractivity contribution in [3.63, 3.8) is 0 Å². The Morgan fingerprint density at radius 2 is 1.94 bits per heavy atom. The van der Waals surface area contributed by atoms with Gasteiger partial charge in [0.2, 0.25) is 10.0 Å². The Kier molecular flexibility index (Phi) is 5.27. The Morgan fingerprint density at radius 3 is 2.53 bits per heavy atom. The molecule has 1 rings (SSSR count). The zero-order valence-electron chi connectivity index (χ0n) is 8.80. The minimum atomic E-state index is -3.26. The molecular weight excluding hydrogens is 309 g/mol. The largest absolute Gasteiger partial charge is 0.368 e. The number of hydrogen-bond acceptors (Lipinski definition) is 4. The third-order valence-electron chi connectivity index (χ3n) is 1.86. The lowest BCUT2D eigenvalue weighted by Gasteiger charge is -2.08. The van der Waals surface area contributed by atoms with Crippen LogP contribution in [0.1, 0.15) is 0 Å². The second-order valence-corrected chi connectivity index (χ2v) is 6.26. The first-order valence-electron chi connectivity index (χ1n) is 4.52. The van der Waals surface area contributed by atoms with Gasteiger partial charge in [0.05, 0.1) is 15.8 Å². The van der Waals surface area contributed by atoms with E-state index < -0.39 is 10.0 Å². The summed E-state index contributed by atoms with van der Waals surface area (Å²) in [4.78, 5) is 3.89. The molecule has 5 nitrogen and oxygen atoms in total. The van der Waals surface area contributed by atoms with Crippen LogP contribution in [0.15, 0.2) is 6.07 Å². The number of hydrogen-bond donors (Lipinski definition) is 2. The standard InChI is InChI=1S/C8H10Cl3N3O2S/c1-12-17(15,16)3-2-13-8-6(10)4-5(9)7(11)14-8/h4,12H,2-3H2,1H3,(H,13,14). The van der Waals surface area contributed by atoms with Crippen LogP contribution in [0.3, 0.4) is 0 Å². The van der Waals surface area contributed by atoms with Crippen molar-refractivity contribution in [3.8, 4) is 0 Å². The normalized spacial score (nSPS) is 11.5. The van der Waals surface area contributed by atoms with E-state index in [-0.39, 0.29) is 27.5 Å². The summed E-state index contributed by atoms with van der Waals surface area (Å²) in [6.45, 7) is 0.161. The van der Waals surface area contributed by atoms with Gasteiger partial charge in [-0.2, -0.15) is 0 Å². The van der Waals surface area contributed by atoms with Gasteiger partial charge in [-0.15, -0.1) is 0 Å². The third-order valence-corrected chi connectivity index (χ3v) is 4.19. The van der Waals surface area contributed by atoms with Gasteiger partial charge in [-0.3, -0.25) is 0 Å². The van der Waals surface area contributed by atoms with Gasteiger partial charge in [-0.05, 0) is 13.1 Å². The molecular formula is C8H10Cl3N3O2S. The number of sulfonamides is 1. The minimum absolute atomic E-state index is 0.0955. The summed E-state index contributed by atoms with van der Waals surface area (Å²) in [6.07, 6.45) is 0. The molecule has 9 heteroatoms. The molecule has 0 fully saturated rings. The fraction of sp³-hybridized carbons (Fsp3) is 0.375. The molecule has 0 unspecified atom stereocenters. The Bertz CT molecular complexity index is 507. The van der Waals surface area contributed by atoms with Crippen LogP contribution < -0.4 is 10.0 Å². The summed E-state index contributed by atoms with van der Waals surface area (Å²) in [5.41, 5.74) is 0. The fourth-order valence-electron chi connectivity index (χ4n) is 0.974. The molecule has 0 aliphatic carbocycles. The van der Waals surface area contributed by atoms with E-state index in [1.807, 2.05) is 0 Å². The van der Waals surface area contributed by atoms with E-state index in [2.05, 4.69) is 15.0 Å². The number of rotatable bonds is 5. The van der Waals surface area contributed by atoms with Crippen LogP contribution in [0, 0.1) is 0 Å². The van der Waals surface area contributed by atoms with Gasteiger partial charge in [0, 0.05) is 6.54 Å². The lowest BCUT2D eigenvalue weighted by molar-refractivity contribution is 0.588. The maximum absolute atomic E-state index is 11.1. The third kappa shape index (κ3) is 4.48. The average molecular weight is 319 g/mol. The molecule has 96 valence electrons. The van der Waals surface area contributed by atoms with E-state index in [1.165, 1.54) is 13.1 Å². The van der Waals surface area contributed by atoms with Crippen LogP contribution in [0.2, 0.25) is 15.2 Å². The van der Waals surface area contributed by atoms with E-state index in [4.69, 9.17) is 34.8 Å². The smallest absolute Gasteiger partial charge is 0.213 e. The number of pyridine rings is 1. The number of aromatic nitrogens is 1. The Morgan fingerprint density at radius 1 is 1.29 bits per heavy atom. The zero-order valence-corrected chi connectivity index (χ0v) is 11.9. The monoisotopic (exact) mass is 317 g/mol. The Hall–Kier alpha value is -0.270. The maximum atomic E-state index is 11.1. The van der Waals surface area contributed by atoms with Crippen molar-refractivity contribution < 1.29 is 8.42 Å². The summed E-state index contributed by atoms with van der Waals surface area (Å²) < 4.78 is 24.5. The van der Waals surface area contributed by atoms with Crippen LogP contribution in [0.5, 0.6) is 0 Å². The molecule has 0 aliphatic rings. The van der Waals surface area contributed by atoms with E-state index in [0.29, 0.717) is 5.82 Å². The molecule has 0 amide bonds. The number of halogens is 3. The fourth-order valence-corrected chi connectivity index (χ4v) is 2.11. The van der Waals surface area contributed by atoms with Crippen molar-refractivity contribution in [1.82, 2.24) is 9.71 Å². The number of nitrogens with one attached hydrogen (secondary N) is 2. The molecule has 0 aliphatic heterocycles. The summed E-state index contributed by atoms with van der Waals surface area (Å²) in [5, 5.41) is 3.39. The van der Waals surface area contributed by atoms with Crippen molar-refractivity contribution in [3.05, 3.63) is 21.3 Å². The lowest BCUT2D eigenvalue weighted by Crippen LogP contribution is -2.26. The summed E-state index contributed by atoms with van der Waals surface area (Å²) in [5.74, 6) is 0.203. The highest BCUT2D eigenvalue weighted by molar-refractivity contribution is 7.89. The van der Waals surface area contributed by atoms with E-state index >= 15 is 0 Å². The highest BCUT2D eigenvalue weighted by Gasteiger charge is 2.10. The Balaban J connectivity index is 2.68. The quantitative estimate of drug-likeness (QED) is 0.815. The topological polar surface area (TPSA) is 71.1 Å². The second-order valence-electron chi connectivity index (χ2n) is 3.04. The van der Waals surface area contributed by atoms with Crippen molar-refractivity contribution in [1.29, 1.82) is 0 Å². The van der Waals surface area contributed by atoms with Gasteiger partial charge in [0.1, 0.15) is 11.0 Å². The number of nitrogens with zero attached hydrogens (tertiary/aromatic N) is 1. The van der Waals surface area contributed by atoms with E-state index in [9.17, 15) is 8.42 Å². The predicted octanol–water partition coefficient (Wildman–Crippen LogP) is 2.00. The van der Waals surface area contributed by atoms with E-state index in [0.717, 1.165) is 0 Å². The molecule has 0 saturated carbocycles. The molecule has 0 aromatic carbocycles. The second kappa shape index (κ2) is 6.06. The van der Waals surface area contributed by atoms with Crippen molar-refractivity contribution in [2.24, 2.45) is 0 Å².